The number of hydrazone groups is 1. The second kappa shape index (κ2) is 6.62. The molecular formula is C17H15ClN4O. The van der Waals surface area contributed by atoms with E-state index >= 15 is 0 Å². The van der Waals surface area contributed by atoms with E-state index in [2.05, 4.69) is 15.5 Å². The van der Waals surface area contributed by atoms with Crippen LogP contribution >= 0.6 is 11.6 Å². The fourth-order valence-corrected chi connectivity index (χ4v) is 2.47. The van der Waals surface area contributed by atoms with Crippen molar-refractivity contribution in [2.75, 3.05) is 5.43 Å². The summed E-state index contributed by atoms with van der Waals surface area (Å²) >= 11 is 6.08. The molecule has 3 aromatic rings. The highest BCUT2D eigenvalue weighted by Crippen LogP contribution is 2.13. The Kier molecular flexibility index (Phi) is 4.39. The van der Waals surface area contributed by atoms with Crippen molar-refractivity contribution in [3.05, 3.63) is 69.5 Å². The van der Waals surface area contributed by atoms with E-state index < -0.39 is 0 Å². The first-order chi connectivity index (χ1) is 11.2. The van der Waals surface area contributed by atoms with E-state index in [0.717, 1.165) is 5.56 Å². The number of rotatable bonds is 4. The Morgan fingerprint density at radius 1 is 1.22 bits per heavy atom. The highest BCUT2D eigenvalue weighted by Gasteiger charge is 2.08. The van der Waals surface area contributed by atoms with E-state index in [1.165, 1.54) is 0 Å². The fraction of sp³-hybridized carbons (Fsp3) is 0.118. The third-order valence-electron chi connectivity index (χ3n) is 3.45. The maximum absolute atomic E-state index is 12.5. The molecule has 23 heavy (non-hydrogen) atoms. The molecule has 0 aliphatic carbocycles. The van der Waals surface area contributed by atoms with Crippen molar-refractivity contribution in [2.24, 2.45) is 5.10 Å². The van der Waals surface area contributed by atoms with Gasteiger partial charge in [-0.3, -0.25) is 9.36 Å². The van der Waals surface area contributed by atoms with Crippen molar-refractivity contribution < 1.29 is 0 Å². The van der Waals surface area contributed by atoms with Crippen LogP contribution in [0.4, 0.5) is 5.95 Å². The number of hydrogen-bond acceptors (Lipinski definition) is 4. The first kappa shape index (κ1) is 15.2. The van der Waals surface area contributed by atoms with Gasteiger partial charge in [0.25, 0.3) is 5.56 Å². The molecule has 1 N–H and O–H groups in total. The molecule has 0 saturated carbocycles. The van der Waals surface area contributed by atoms with Crippen molar-refractivity contribution in [1.82, 2.24) is 9.55 Å². The Hall–Kier alpha value is -2.66. The van der Waals surface area contributed by atoms with Gasteiger partial charge in [-0.2, -0.15) is 5.10 Å². The molecular weight excluding hydrogens is 312 g/mol. The highest BCUT2D eigenvalue weighted by atomic mass is 35.5. The van der Waals surface area contributed by atoms with Gasteiger partial charge >= 0.3 is 0 Å². The quantitative estimate of drug-likeness (QED) is 0.589. The molecule has 2 aromatic carbocycles. The Balaban J connectivity index is 1.97. The van der Waals surface area contributed by atoms with Crippen LogP contribution < -0.4 is 11.0 Å². The lowest BCUT2D eigenvalue weighted by atomic mass is 10.2. The number of aromatic nitrogens is 2. The van der Waals surface area contributed by atoms with Gasteiger partial charge in [0, 0.05) is 17.1 Å². The Morgan fingerprint density at radius 3 is 2.74 bits per heavy atom. The van der Waals surface area contributed by atoms with Gasteiger partial charge in [0.15, 0.2) is 0 Å². The average molecular weight is 327 g/mol. The molecule has 0 spiro atoms. The molecule has 0 atom stereocenters. The summed E-state index contributed by atoms with van der Waals surface area (Å²) in [7, 11) is 0. The van der Waals surface area contributed by atoms with Crippen LogP contribution in [0.1, 0.15) is 12.5 Å². The van der Waals surface area contributed by atoms with Crippen LogP contribution in [-0.2, 0) is 6.54 Å². The zero-order valence-corrected chi connectivity index (χ0v) is 13.3. The molecule has 116 valence electrons. The van der Waals surface area contributed by atoms with Crippen LogP contribution in [0.2, 0.25) is 5.02 Å². The van der Waals surface area contributed by atoms with Crippen LogP contribution in [-0.4, -0.2) is 15.8 Å². The lowest BCUT2D eigenvalue weighted by Gasteiger charge is -2.10. The van der Waals surface area contributed by atoms with Gasteiger partial charge in [-0.1, -0.05) is 41.9 Å². The topological polar surface area (TPSA) is 59.3 Å². The van der Waals surface area contributed by atoms with Gasteiger partial charge in [0.2, 0.25) is 5.95 Å². The Bertz CT molecular complexity index is 933. The first-order valence-corrected chi connectivity index (χ1v) is 7.61. The highest BCUT2D eigenvalue weighted by molar-refractivity contribution is 6.33. The summed E-state index contributed by atoms with van der Waals surface area (Å²) in [5, 5.41) is 5.35. The molecule has 5 nitrogen and oxygen atoms in total. The van der Waals surface area contributed by atoms with Gasteiger partial charge < -0.3 is 0 Å². The summed E-state index contributed by atoms with van der Waals surface area (Å²) in [5.74, 6) is 0.402. The lowest BCUT2D eigenvalue weighted by molar-refractivity contribution is 0.724. The lowest BCUT2D eigenvalue weighted by Crippen LogP contribution is -2.23. The number of halogens is 1. The van der Waals surface area contributed by atoms with Gasteiger partial charge in [-0.25, -0.2) is 10.4 Å². The molecule has 0 unspecified atom stereocenters. The molecule has 6 heteroatoms. The molecule has 1 heterocycles. The number of benzene rings is 2. The van der Waals surface area contributed by atoms with Crippen LogP contribution in [0.5, 0.6) is 0 Å². The summed E-state index contributed by atoms with van der Waals surface area (Å²) in [6.45, 7) is 2.39. The van der Waals surface area contributed by atoms with Crippen molar-refractivity contribution in [3.63, 3.8) is 0 Å². The minimum Gasteiger partial charge on any atom is -0.277 e. The summed E-state index contributed by atoms with van der Waals surface area (Å²) in [5.41, 5.74) is 4.17. The number of hydrogen-bond donors (Lipinski definition) is 1. The minimum absolute atomic E-state index is 0.0893. The summed E-state index contributed by atoms with van der Waals surface area (Å²) in [6, 6.07) is 14.6. The third kappa shape index (κ3) is 3.10. The van der Waals surface area contributed by atoms with Crippen LogP contribution in [0.3, 0.4) is 0 Å². The second-order valence-corrected chi connectivity index (χ2v) is 5.30. The smallest absolute Gasteiger partial charge is 0.262 e. The van der Waals surface area contributed by atoms with Crippen molar-refractivity contribution >= 4 is 34.7 Å². The van der Waals surface area contributed by atoms with Gasteiger partial charge in [-0.15, -0.1) is 0 Å². The van der Waals surface area contributed by atoms with Crippen LogP contribution in [0, 0.1) is 0 Å². The van der Waals surface area contributed by atoms with Crippen molar-refractivity contribution in [3.8, 4) is 0 Å². The molecule has 1 aromatic heterocycles. The zero-order valence-electron chi connectivity index (χ0n) is 12.5. The molecule has 0 fully saturated rings. The van der Waals surface area contributed by atoms with Crippen molar-refractivity contribution in [1.29, 1.82) is 0 Å². The number of nitrogens with zero attached hydrogens (tertiary/aromatic N) is 3. The number of para-hydroxylation sites is 1. The maximum atomic E-state index is 12.5. The predicted molar refractivity (Wildman–Crippen MR) is 94.3 cm³/mol. The summed E-state index contributed by atoms with van der Waals surface area (Å²) < 4.78 is 1.55. The van der Waals surface area contributed by atoms with Crippen molar-refractivity contribution in [2.45, 2.75) is 13.5 Å². The molecule has 0 amide bonds. The predicted octanol–water partition coefficient (Wildman–Crippen LogP) is 3.52. The number of fused-ring (bicyclic) bond motifs is 1. The monoisotopic (exact) mass is 326 g/mol. The van der Waals surface area contributed by atoms with E-state index in [0.29, 0.717) is 28.4 Å². The summed E-state index contributed by atoms with van der Waals surface area (Å²) in [4.78, 5) is 16.9. The van der Waals surface area contributed by atoms with Gasteiger partial charge in [0.1, 0.15) is 0 Å². The van der Waals surface area contributed by atoms with Crippen LogP contribution in [0.15, 0.2) is 58.4 Å². The Labute approximate surface area is 138 Å². The molecule has 3 rings (SSSR count). The molecule has 0 aliphatic rings. The zero-order chi connectivity index (χ0) is 16.2. The normalized spacial score (nSPS) is 11.2. The molecule has 0 bridgehead atoms. The molecule has 0 radical (unpaired) electrons. The van der Waals surface area contributed by atoms with E-state index in [1.54, 1.807) is 29.0 Å². The SMILES string of the molecule is CCn1c(N/N=C\c2ccccc2Cl)nc2ccccc2c1=O. The third-order valence-corrected chi connectivity index (χ3v) is 3.80. The van der Waals surface area contributed by atoms with E-state index in [1.807, 2.05) is 37.3 Å². The standard InChI is InChI=1S/C17H15ClN4O/c1-2-22-16(23)13-8-4-6-10-15(13)20-17(22)21-19-11-12-7-3-5-9-14(12)18/h3-11H,2H2,1H3,(H,20,21)/b19-11-. The van der Waals surface area contributed by atoms with E-state index in [9.17, 15) is 4.79 Å². The Morgan fingerprint density at radius 2 is 1.96 bits per heavy atom. The van der Waals surface area contributed by atoms with E-state index in [-0.39, 0.29) is 5.56 Å². The molecule has 0 aliphatic heterocycles. The first-order valence-electron chi connectivity index (χ1n) is 7.24. The van der Waals surface area contributed by atoms with Gasteiger partial charge in [0.05, 0.1) is 17.1 Å². The van der Waals surface area contributed by atoms with E-state index in [4.69, 9.17) is 11.6 Å². The van der Waals surface area contributed by atoms with Crippen LogP contribution in [0.25, 0.3) is 10.9 Å². The number of nitrogens with one attached hydrogen (secondary N) is 1. The second-order valence-electron chi connectivity index (χ2n) is 4.89. The molecule has 0 saturated heterocycles. The summed E-state index contributed by atoms with van der Waals surface area (Å²) in [6.07, 6.45) is 1.60. The maximum Gasteiger partial charge on any atom is 0.262 e. The largest absolute Gasteiger partial charge is 0.277 e. The van der Waals surface area contributed by atoms with Gasteiger partial charge in [-0.05, 0) is 25.1 Å². The average Bonchev–Trinajstić information content (AvgIpc) is 2.57. The fourth-order valence-electron chi connectivity index (χ4n) is 2.29. The number of anilines is 1. The minimum atomic E-state index is -0.0893.